The zero-order valence-corrected chi connectivity index (χ0v) is 11.8. The molecular weight excluding hydrogens is 223 g/mol. The Labute approximate surface area is 99.8 Å². The summed E-state index contributed by atoms with van der Waals surface area (Å²) in [6.07, 6.45) is 6.65. The first-order valence-electron chi connectivity index (χ1n) is 6.49. The van der Waals surface area contributed by atoms with Crippen molar-refractivity contribution >= 4 is 7.60 Å². The maximum absolute atomic E-state index is 11.7. The molecule has 0 saturated heterocycles. The first kappa shape index (κ1) is 16.1. The molecule has 0 atom stereocenters. The van der Waals surface area contributed by atoms with Crippen LogP contribution >= 0.6 is 7.60 Å². The van der Waals surface area contributed by atoms with Gasteiger partial charge in [0.2, 0.25) is 0 Å². The van der Waals surface area contributed by atoms with E-state index in [9.17, 15) is 14.4 Å². The van der Waals surface area contributed by atoms with Crippen LogP contribution in [0.3, 0.4) is 0 Å². The van der Waals surface area contributed by atoms with E-state index in [0.29, 0.717) is 19.3 Å². The predicted molar refractivity (Wildman–Crippen MR) is 68.7 cm³/mol. The van der Waals surface area contributed by atoms with Gasteiger partial charge < -0.3 is 9.79 Å². The molecule has 0 radical (unpaired) electrons. The van der Waals surface area contributed by atoms with Crippen LogP contribution in [-0.4, -0.2) is 14.9 Å². The van der Waals surface area contributed by atoms with Crippen molar-refractivity contribution in [1.29, 1.82) is 0 Å². The normalized spacial score (nSPS) is 13.1. The molecule has 0 aliphatic carbocycles. The van der Waals surface area contributed by atoms with Crippen LogP contribution in [0.15, 0.2) is 0 Å². The fourth-order valence-electron chi connectivity index (χ4n) is 2.29. The summed E-state index contributed by atoms with van der Waals surface area (Å²) in [7, 11) is -3.98. The summed E-state index contributed by atoms with van der Waals surface area (Å²) in [6.45, 7) is 6.13. The molecule has 0 unspecified atom stereocenters. The van der Waals surface area contributed by atoms with Gasteiger partial charge in [-0.2, -0.15) is 0 Å². The molecular formula is C12H27O3P. The molecule has 0 fully saturated rings. The van der Waals surface area contributed by atoms with E-state index in [-0.39, 0.29) is 0 Å². The average molecular weight is 250 g/mol. The van der Waals surface area contributed by atoms with Crippen LogP contribution in [0.2, 0.25) is 0 Å². The van der Waals surface area contributed by atoms with Crippen LogP contribution in [0.4, 0.5) is 0 Å². The van der Waals surface area contributed by atoms with Gasteiger partial charge in [0.25, 0.3) is 0 Å². The Hall–Kier alpha value is 0.150. The lowest BCUT2D eigenvalue weighted by Crippen LogP contribution is -2.29. The molecule has 3 nitrogen and oxygen atoms in total. The first-order valence-corrected chi connectivity index (χ1v) is 8.10. The Morgan fingerprint density at radius 3 is 1.56 bits per heavy atom. The molecule has 0 saturated carbocycles. The Bertz CT molecular complexity index is 214. The summed E-state index contributed by atoms with van der Waals surface area (Å²) in [5, 5.41) is -0.742. The molecule has 0 heterocycles. The van der Waals surface area contributed by atoms with Gasteiger partial charge in [0.05, 0.1) is 5.16 Å². The van der Waals surface area contributed by atoms with Crippen molar-refractivity contribution < 1.29 is 14.4 Å². The Balaban J connectivity index is 4.81. The van der Waals surface area contributed by atoms with Crippen molar-refractivity contribution in [3.05, 3.63) is 0 Å². The molecule has 0 aromatic heterocycles. The monoisotopic (exact) mass is 250 g/mol. The van der Waals surface area contributed by atoms with Crippen molar-refractivity contribution in [2.24, 2.45) is 0 Å². The van der Waals surface area contributed by atoms with Crippen molar-refractivity contribution in [3.63, 3.8) is 0 Å². The van der Waals surface area contributed by atoms with Gasteiger partial charge >= 0.3 is 7.60 Å². The summed E-state index contributed by atoms with van der Waals surface area (Å²) < 4.78 is 11.7. The third-order valence-corrected chi connectivity index (χ3v) is 5.23. The molecule has 98 valence electrons. The number of unbranched alkanes of at least 4 members (excludes halogenated alkanes) is 2. The molecule has 0 rings (SSSR count). The molecule has 4 heteroatoms. The van der Waals surface area contributed by atoms with E-state index in [0.717, 1.165) is 32.1 Å². The van der Waals surface area contributed by atoms with E-state index in [2.05, 4.69) is 13.8 Å². The standard InChI is InChI=1S/C12H27O3P/c1-4-7-10-12(9-6-3,11-8-5-2)16(13,14)15/h4-11H2,1-3H3,(H2,13,14,15). The molecule has 16 heavy (non-hydrogen) atoms. The lowest BCUT2D eigenvalue weighted by Gasteiger charge is -2.34. The van der Waals surface area contributed by atoms with Crippen LogP contribution in [0.5, 0.6) is 0 Å². The van der Waals surface area contributed by atoms with Gasteiger partial charge in [0.15, 0.2) is 0 Å². The Morgan fingerprint density at radius 1 is 0.875 bits per heavy atom. The zero-order chi connectivity index (χ0) is 12.7. The van der Waals surface area contributed by atoms with Crippen LogP contribution < -0.4 is 0 Å². The van der Waals surface area contributed by atoms with Gasteiger partial charge in [0.1, 0.15) is 0 Å². The van der Waals surface area contributed by atoms with E-state index in [1.807, 2.05) is 6.92 Å². The highest BCUT2D eigenvalue weighted by atomic mass is 31.2. The minimum Gasteiger partial charge on any atom is -0.324 e. The van der Waals surface area contributed by atoms with Gasteiger partial charge in [-0.15, -0.1) is 0 Å². The smallest absolute Gasteiger partial charge is 0.324 e. The van der Waals surface area contributed by atoms with Gasteiger partial charge in [0, 0.05) is 0 Å². The largest absolute Gasteiger partial charge is 0.331 e. The summed E-state index contributed by atoms with van der Waals surface area (Å²) >= 11 is 0. The molecule has 2 N–H and O–H groups in total. The quantitative estimate of drug-likeness (QED) is 0.606. The van der Waals surface area contributed by atoms with E-state index >= 15 is 0 Å². The maximum atomic E-state index is 11.7. The maximum Gasteiger partial charge on any atom is 0.331 e. The van der Waals surface area contributed by atoms with Crippen LogP contribution in [0.1, 0.15) is 72.1 Å². The minimum atomic E-state index is -3.98. The van der Waals surface area contributed by atoms with Gasteiger partial charge in [-0.1, -0.05) is 52.9 Å². The molecule has 0 aliphatic heterocycles. The topological polar surface area (TPSA) is 57.5 Å². The highest BCUT2D eigenvalue weighted by Gasteiger charge is 2.44. The predicted octanol–water partition coefficient (Wildman–Crippen LogP) is 4.08. The van der Waals surface area contributed by atoms with Crippen molar-refractivity contribution in [1.82, 2.24) is 0 Å². The Morgan fingerprint density at radius 2 is 1.31 bits per heavy atom. The summed E-state index contributed by atoms with van der Waals surface area (Å²) in [5.41, 5.74) is 0. The number of hydrogen-bond donors (Lipinski definition) is 2. The summed E-state index contributed by atoms with van der Waals surface area (Å²) in [6, 6.07) is 0. The van der Waals surface area contributed by atoms with Crippen molar-refractivity contribution in [2.45, 2.75) is 77.3 Å². The molecule has 0 amide bonds. The van der Waals surface area contributed by atoms with E-state index in [1.165, 1.54) is 0 Å². The summed E-state index contributed by atoms with van der Waals surface area (Å²) in [5.74, 6) is 0. The van der Waals surface area contributed by atoms with E-state index in [4.69, 9.17) is 0 Å². The van der Waals surface area contributed by atoms with E-state index in [1.54, 1.807) is 0 Å². The molecule has 0 spiro atoms. The average Bonchev–Trinajstić information content (AvgIpc) is 2.20. The van der Waals surface area contributed by atoms with Gasteiger partial charge in [-0.3, -0.25) is 4.57 Å². The van der Waals surface area contributed by atoms with Crippen LogP contribution in [0.25, 0.3) is 0 Å². The molecule has 0 aliphatic rings. The third kappa shape index (κ3) is 4.57. The van der Waals surface area contributed by atoms with Crippen molar-refractivity contribution in [3.8, 4) is 0 Å². The third-order valence-electron chi connectivity index (χ3n) is 3.32. The Kier molecular flexibility index (Phi) is 7.54. The molecule has 0 aromatic rings. The van der Waals surface area contributed by atoms with Gasteiger partial charge in [-0.05, 0) is 19.3 Å². The summed E-state index contributed by atoms with van der Waals surface area (Å²) in [4.78, 5) is 19.2. The highest BCUT2D eigenvalue weighted by Crippen LogP contribution is 2.58. The van der Waals surface area contributed by atoms with Gasteiger partial charge in [-0.25, -0.2) is 0 Å². The fourth-order valence-corrected chi connectivity index (χ4v) is 3.70. The second-order valence-electron chi connectivity index (χ2n) is 4.73. The number of hydrogen-bond acceptors (Lipinski definition) is 1. The zero-order valence-electron chi connectivity index (χ0n) is 10.9. The minimum absolute atomic E-state index is 0.650. The van der Waals surface area contributed by atoms with E-state index < -0.39 is 12.8 Å². The van der Waals surface area contributed by atoms with Crippen LogP contribution in [-0.2, 0) is 4.57 Å². The second-order valence-corrected chi connectivity index (χ2v) is 6.76. The number of rotatable bonds is 9. The molecule has 0 bridgehead atoms. The molecule has 0 aromatic carbocycles. The lowest BCUT2D eigenvalue weighted by atomic mass is 9.90. The van der Waals surface area contributed by atoms with Crippen LogP contribution in [0, 0.1) is 0 Å². The lowest BCUT2D eigenvalue weighted by molar-refractivity contribution is 0.287. The SMILES string of the molecule is CCCCC(CCC)(CCCC)P(=O)(O)O. The second kappa shape index (κ2) is 7.47. The highest BCUT2D eigenvalue weighted by molar-refractivity contribution is 7.53. The first-order chi connectivity index (χ1) is 7.43. The van der Waals surface area contributed by atoms with Crippen molar-refractivity contribution in [2.75, 3.05) is 0 Å². The fraction of sp³-hybridized carbons (Fsp3) is 1.00.